The van der Waals surface area contributed by atoms with Gasteiger partial charge in [0, 0.05) is 19.7 Å². The minimum Gasteiger partial charge on any atom is -0.396 e. The molecule has 1 aliphatic rings. The molecule has 2 N–H and O–H groups in total. The Hall–Kier alpha value is -1.73. The van der Waals surface area contributed by atoms with Crippen LogP contribution in [0.2, 0.25) is 0 Å². The molecule has 1 fully saturated rings. The van der Waals surface area contributed by atoms with E-state index in [9.17, 15) is 9.59 Å². The van der Waals surface area contributed by atoms with Gasteiger partial charge in [0.25, 0.3) is 11.5 Å². The second-order valence-electron chi connectivity index (χ2n) is 5.83. The van der Waals surface area contributed by atoms with Gasteiger partial charge in [0.15, 0.2) is 0 Å². The highest BCUT2D eigenvalue weighted by molar-refractivity contribution is 7.20. The lowest BCUT2D eigenvalue weighted by atomic mass is 10.1. The predicted octanol–water partition coefficient (Wildman–Crippen LogP) is 1.19. The van der Waals surface area contributed by atoms with Gasteiger partial charge in [-0.15, -0.1) is 11.3 Å². The van der Waals surface area contributed by atoms with E-state index in [0.29, 0.717) is 33.0 Å². The molecule has 0 radical (unpaired) electrons. The van der Waals surface area contributed by atoms with Gasteiger partial charge in [-0.1, -0.05) is 0 Å². The van der Waals surface area contributed by atoms with E-state index in [1.165, 1.54) is 22.2 Å². The van der Waals surface area contributed by atoms with Gasteiger partial charge in [-0.3, -0.25) is 9.59 Å². The van der Waals surface area contributed by atoms with Crippen LogP contribution in [0.3, 0.4) is 0 Å². The highest BCUT2D eigenvalue weighted by atomic mass is 32.1. The predicted molar refractivity (Wildman–Crippen MR) is 85.3 cm³/mol. The van der Waals surface area contributed by atoms with Crippen LogP contribution >= 0.6 is 11.3 Å². The molecule has 0 saturated heterocycles. The van der Waals surface area contributed by atoms with Gasteiger partial charge in [-0.05, 0) is 37.7 Å². The molecule has 2 aromatic rings. The average Bonchev–Trinajstić information content (AvgIpc) is 3.27. The second-order valence-corrected chi connectivity index (χ2v) is 6.83. The Labute approximate surface area is 131 Å². The Morgan fingerprint density at radius 3 is 2.95 bits per heavy atom. The number of fused-ring (bicyclic) bond motifs is 1. The number of nitrogens with one attached hydrogen (secondary N) is 1. The normalized spacial score (nSPS) is 16.0. The topological polar surface area (TPSA) is 84.2 Å². The fraction of sp³-hybridized carbons (Fsp3) is 0.533. The van der Waals surface area contributed by atoms with E-state index in [-0.39, 0.29) is 24.1 Å². The molecule has 6 nitrogen and oxygen atoms in total. The lowest BCUT2D eigenvalue weighted by molar-refractivity contribution is 0.0928. The number of nitrogens with zero attached hydrogens (tertiary/aromatic N) is 2. The summed E-state index contributed by atoms with van der Waals surface area (Å²) in [5.74, 6) is 0.296. The smallest absolute Gasteiger partial charge is 0.262 e. The molecule has 3 rings (SSSR count). The summed E-state index contributed by atoms with van der Waals surface area (Å²) in [5, 5.41) is 12.7. The molecule has 0 spiro atoms. The molecule has 2 heterocycles. The third-order valence-corrected chi connectivity index (χ3v) is 5.36. The number of carbonyl (C=O) groups excluding carboxylic acids is 1. The Morgan fingerprint density at radius 2 is 2.32 bits per heavy atom. The maximum absolute atomic E-state index is 12.5. The van der Waals surface area contributed by atoms with Crippen molar-refractivity contribution < 1.29 is 9.90 Å². The van der Waals surface area contributed by atoms with Crippen molar-refractivity contribution in [3.05, 3.63) is 27.1 Å². The molecular weight excluding hydrogens is 302 g/mol. The average molecular weight is 321 g/mol. The Morgan fingerprint density at radius 1 is 1.59 bits per heavy atom. The van der Waals surface area contributed by atoms with Crippen LogP contribution in [0.1, 0.15) is 34.5 Å². The van der Waals surface area contributed by atoms with Crippen LogP contribution in [0.15, 0.2) is 11.1 Å². The summed E-state index contributed by atoms with van der Waals surface area (Å²) in [7, 11) is 1.65. The summed E-state index contributed by atoms with van der Waals surface area (Å²) in [6, 6.07) is 0.0119. The van der Waals surface area contributed by atoms with E-state index >= 15 is 0 Å². The fourth-order valence-electron chi connectivity index (χ4n) is 2.72. The first-order valence-corrected chi connectivity index (χ1v) is 8.21. The van der Waals surface area contributed by atoms with Gasteiger partial charge in [0.05, 0.1) is 16.6 Å². The molecule has 1 amide bonds. The molecule has 1 saturated carbocycles. The third kappa shape index (κ3) is 2.66. The van der Waals surface area contributed by atoms with Gasteiger partial charge in [0.1, 0.15) is 4.83 Å². The second kappa shape index (κ2) is 5.81. The summed E-state index contributed by atoms with van der Waals surface area (Å²) in [4.78, 5) is 30.1. The van der Waals surface area contributed by atoms with Crippen LogP contribution in [0.4, 0.5) is 0 Å². The largest absolute Gasteiger partial charge is 0.396 e. The highest BCUT2D eigenvalue weighted by Crippen LogP contribution is 2.34. The van der Waals surface area contributed by atoms with Gasteiger partial charge in [0.2, 0.25) is 0 Å². The maximum Gasteiger partial charge on any atom is 0.262 e. The zero-order valence-corrected chi connectivity index (χ0v) is 13.4. The van der Waals surface area contributed by atoms with E-state index in [0.717, 1.165) is 12.8 Å². The number of thiophene rings is 1. The number of aliphatic hydroxyl groups is 1. The maximum atomic E-state index is 12.5. The van der Waals surface area contributed by atoms with Gasteiger partial charge < -0.3 is 15.0 Å². The number of aromatic nitrogens is 2. The first kappa shape index (κ1) is 15.2. The number of amides is 1. The van der Waals surface area contributed by atoms with Crippen LogP contribution in [0.25, 0.3) is 10.2 Å². The molecule has 2 aromatic heterocycles. The van der Waals surface area contributed by atoms with E-state index in [1.54, 1.807) is 14.0 Å². The lowest BCUT2D eigenvalue weighted by Gasteiger charge is -2.16. The van der Waals surface area contributed by atoms with Crippen molar-refractivity contribution in [1.29, 1.82) is 0 Å². The van der Waals surface area contributed by atoms with E-state index in [1.807, 2.05) is 0 Å². The van der Waals surface area contributed by atoms with Crippen LogP contribution < -0.4 is 10.9 Å². The van der Waals surface area contributed by atoms with Gasteiger partial charge >= 0.3 is 0 Å². The van der Waals surface area contributed by atoms with Crippen molar-refractivity contribution in [2.75, 3.05) is 6.61 Å². The van der Waals surface area contributed by atoms with Crippen LogP contribution in [0, 0.1) is 12.8 Å². The summed E-state index contributed by atoms with van der Waals surface area (Å²) >= 11 is 1.25. The Bertz CT molecular complexity index is 776. The summed E-state index contributed by atoms with van der Waals surface area (Å²) in [5.41, 5.74) is 0.552. The number of hydrogen-bond acceptors (Lipinski definition) is 5. The van der Waals surface area contributed by atoms with Crippen molar-refractivity contribution >= 4 is 27.5 Å². The molecule has 1 atom stereocenters. The van der Waals surface area contributed by atoms with Crippen LogP contribution in [-0.2, 0) is 7.05 Å². The molecule has 1 unspecified atom stereocenters. The molecule has 7 heteroatoms. The number of rotatable bonds is 5. The standard InChI is InChI=1S/C15H19N3O3S/c1-8-11-14(16-7-18(2)15(11)21)22-12(8)13(20)17-10(5-6-19)9-3-4-9/h7,9-10,19H,3-6H2,1-2H3,(H,17,20). The summed E-state index contributed by atoms with van der Waals surface area (Å²) in [6.45, 7) is 1.85. The van der Waals surface area contributed by atoms with Crippen molar-refractivity contribution in [3.8, 4) is 0 Å². The van der Waals surface area contributed by atoms with Crippen molar-refractivity contribution in [2.24, 2.45) is 13.0 Å². The monoisotopic (exact) mass is 321 g/mol. The molecule has 0 bridgehead atoms. The minimum absolute atomic E-state index is 0.0119. The number of hydrogen-bond donors (Lipinski definition) is 2. The van der Waals surface area contributed by atoms with Crippen molar-refractivity contribution in [3.63, 3.8) is 0 Å². The minimum atomic E-state index is -0.173. The van der Waals surface area contributed by atoms with E-state index < -0.39 is 0 Å². The highest BCUT2D eigenvalue weighted by Gasteiger charge is 2.32. The zero-order valence-electron chi connectivity index (χ0n) is 12.6. The van der Waals surface area contributed by atoms with Crippen LogP contribution in [-0.4, -0.2) is 33.2 Å². The van der Waals surface area contributed by atoms with E-state index in [2.05, 4.69) is 10.3 Å². The molecule has 0 aliphatic heterocycles. The van der Waals surface area contributed by atoms with E-state index in [4.69, 9.17) is 5.11 Å². The molecule has 0 aromatic carbocycles. The first-order chi connectivity index (χ1) is 10.5. The Kier molecular flexibility index (Phi) is 4.01. The number of aryl methyl sites for hydroxylation is 2. The zero-order chi connectivity index (χ0) is 15.9. The van der Waals surface area contributed by atoms with Gasteiger partial charge in [-0.25, -0.2) is 4.98 Å². The molecule has 1 aliphatic carbocycles. The molecule has 22 heavy (non-hydrogen) atoms. The van der Waals surface area contributed by atoms with Crippen molar-refractivity contribution in [2.45, 2.75) is 32.2 Å². The Balaban J connectivity index is 1.92. The van der Waals surface area contributed by atoms with Crippen molar-refractivity contribution in [1.82, 2.24) is 14.9 Å². The summed E-state index contributed by atoms with van der Waals surface area (Å²) < 4.78 is 1.42. The van der Waals surface area contributed by atoms with Crippen LogP contribution in [0.5, 0.6) is 0 Å². The first-order valence-electron chi connectivity index (χ1n) is 7.39. The third-order valence-electron chi connectivity index (χ3n) is 4.16. The molecular formula is C15H19N3O3S. The number of aliphatic hydroxyl groups excluding tert-OH is 1. The quantitative estimate of drug-likeness (QED) is 0.866. The molecule has 118 valence electrons. The lowest BCUT2D eigenvalue weighted by Crippen LogP contribution is -2.37. The van der Waals surface area contributed by atoms with Gasteiger partial charge in [-0.2, -0.15) is 0 Å². The summed E-state index contributed by atoms with van der Waals surface area (Å²) in [6.07, 6.45) is 4.23. The SMILES string of the molecule is Cc1c(C(=O)NC(CCO)C2CC2)sc2ncn(C)c(=O)c12. The number of carbonyl (C=O) groups is 1. The fourth-order valence-corrected chi connectivity index (χ4v) is 3.77.